The van der Waals surface area contributed by atoms with E-state index in [9.17, 15) is 18.0 Å². The van der Waals surface area contributed by atoms with Crippen molar-refractivity contribution in [1.82, 2.24) is 10.2 Å². The number of ether oxygens (including phenoxy) is 1. The first-order valence-electron chi connectivity index (χ1n) is 13.8. The van der Waals surface area contributed by atoms with Gasteiger partial charge in [-0.1, -0.05) is 55.2 Å². The number of carbonyl (C=O) groups excluding carboxylic acids is 2. The molecule has 0 aliphatic carbocycles. The number of nitrogens with zero attached hydrogens (tertiary/aromatic N) is 2. The van der Waals surface area contributed by atoms with Crippen molar-refractivity contribution in [3.63, 3.8) is 0 Å². The molecule has 0 bridgehead atoms. The first kappa shape index (κ1) is 34.6. The van der Waals surface area contributed by atoms with E-state index in [1.807, 2.05) is 20.1 Å². The molecule has 1 atom stereocenters. The number of anilines is 1. The fraction of sp³-hybridized carbons (Fsp3) is 0.355. The second-order valence-corrected chi connectivity index (χ2v) is 13.7. The molecule has 8 nitrogen and oxygen atoms in total. The molecule has 0 unspecified atom stereocenters. The molecule has 0 saturated carbocycles. The first-order valence-corrected chi connectivity index (χ1v) is 17.2. The summed E-state index contributed by atoms with van der Waals surface area (Å²) in [6.45, 7) is 7.46. The minimum atomic E-state index is -4.24. The zero-order valence-electron chi connectivity index (χ0n) is 24.8. The summed E-state index contributed by atoms with van der Waals surface area (Å²) in [4.78, 5) is 29.6. The number of halogens is 2. The minimum Gasteiger partial charge on any atom is -0.492 e. The van der Waals surface area contributed by atoms with Crippen molar-refractivity contribution >= 4 is 62.5 Å². The lowest BCUT2D eigenvalue weighted by Crippen LogP contribution is -2.51. The SMILES string of the molecule is CCOc1ccccc1N(CC(=O)N(Cc1ccc(Cl)c(Cl)c1)[C@@H](C)C(=O)NCC(C)C)S(=O)(=O)c1ccc(SC)cc1. The van der Waals surface area contributed by atoms with Gasteiger partial charge in [0, 0.05) is 18.0 Å². The van der Waals surface area contributed by atoms with Gasteiger partial charge in [0.2, 0.25) is 11.8 Å². The molecule has 0 aromatic heterocycles. The Labute approximate surface area is 268 Å². The topological polar surface area (TPSA) is 96.0 Å². The highest BCUT2D eigenvalue weighted by molar-refractivity contribution is 7.98. The molecule has 3 aromatic carbocycles. The van der Waals surface area contributed by atoms with E-state index >= 15 is 0 Å². The van der Waals surface area contributed by atoms with Gasteiger partial charge in [-0.15, -0.1) is 11.8 Å². The Morgan fingerprint density at radius 2 is 1.65 bits per heavy atom. The zero-order valence-corrected chi connectivity index (χ0v) is 28.0. The van der Waals surface area contributed by atoms with Crippen LogP contribution >= 0.6 is 35.0 Å². The van der Waals surface area contributed by atoms with Gasteiger partial charge in [0.1, 0.15) is 18.3 Å². The molecule has 3 rings (SSSR count). The van der Waals surface area contributed by atoms with Crippen LogP contribution < -0.4 is 14.4 Å². The number of hydrogen-bond donors (Lipinski definition) is 1. The highest BCUT2D eigenvalue weighted by atomic mass is 35.5. The average Bonchev–Trinajstić information content (AvgIpc) is 2.99. The average molecular weight is 667 g/mol. The van der Waals surface area contributed by atoms with E-state index in [2.05, 4.69) is 5.32 Å². The van der Waals surface area contributed by atoms with Gasteiger partial charge >= 0.3 is 0 Å². The Bertz CT molecular complexity index is 1520. The zero-order chi connectivity index (χ0) is 31.7. The van der Waals surface area contributed by atoms with Gasteiger partial charge in [-0.25, -0.2) is 8.42 Å². The maximum absolute atomic E-state index is 14.2. The normalized spacial score (nSPS) is 12.1. The van der Waals surface area contributed by atoms with Crippen molar-refractivity contribution in [2.45, 2.75) is 50.1 Å². The van der Waals surface area contributed by atoms with Crippen LogP contribution in [-0.2, 0) is 26.2 Å². The van der Waals surface area contributed by atoms with Crippen molar-refractivity contribution in [2.75, 3.05) is 30.3 Å². The van der Waals surface area contributed by atoms with E-state index in [4.69, 9.17) is 27.9 Å². The van der Waals surface area contributed by atoms with Crippen molar-refractivity contribution in [3.8, 4) is 5.75 Å². The largest absolute Gasteiger partial charge is 0.492 e. The summed E-state index contributed by atoms with van der Waals surface area (Å²) in [5, 5.41) is 3.52. The monoisotopic (exact) mass is 665 g/mol. The number of nitrogens with one attached hydrogen (secondary N) is 1. The molecular formula is C31H37Cl2N3O5S2. The fourth-order valence-corrected chi connectivity index (χ4v) is 6.35. The summed E-state index contributed by atoms with van der Waals surface area (Å²) in [6.07, 6.45) is 1.90. The maximum atomic E-state index is 14.2. The summed E-state index contributed by atoms with van der Waals surface area (Å²) in [5.41, 5.74) is 0.834. The molecule has 0 saturated heterocycles. The summed E-state index contributed by atoms with van der Waals surface area (Å²) < 4.78 is 35.1. The Morgan fingerprint density at radius 3 is 2.26 bits per heavy atom. The van der Waals surface area contributed by atoms with Crippen LogP contribution in [0.5, 0.6) is 5.75 Å². The lowest BCUT2D eigenvalue weighted by atomic mass is 10.1. The number of benzene rings is 3. The molecule has 3 aromatic rings. The summed E-state index contributed by atoms with van der Waals surface area (Å²) in [5.74, 6) is -0.447. The minimum absolute atomic E-state index is 0.00456. The van der Waals surface area contributed by atoms with E-state index in [1.165, 1.54) is 28.8 Å². The van der Waals surface area contributed by atoms with Crippen LogP contribution in [0.4, 0.5) is 5.69 Å². The van der Waals surface area contributed by atoms with Gasteiger partial charge in [0.05, 0.1) is 27.2 Å². The van der Waals surface area contributed by atoms with Crippen molar-refractivity contribution in [3.05, 3.63) is 82.3 Å². The number of hydrogen-bond acceptors (Lipinski definition) is 6. The molecule has 12 heteroatoms. The quantitative estimate of drug-likeness (QED) is 0.198. The van der Waals surface area contributed by atoms with E-state index < -0.39 is 28.5 Å². The van der Waals surface area contributed by atoms with Gasteiger partial charge < -0.3 is 15.0 Å². The van der Waals surface area contributed by atoms with Gasteiger partial charge in [0.25, 0.3) is 10.0 Å². The van der Waals surface area contributed by atoms with E-state index in [1.54, 1.807) is 68.4 Å². The van der Waals surface area contributed by atoms with Crippen molar-refractivity contribution < 1.29 is 22.7 Å². The van der Waals surface area contributed by atoms with Crippen molar-refractivity contribution in [2.24, 2.45) is 5.92 Å². The van der Waals surface area contributed by atoms with Crippen LogP contribution in [0, 0.1) is 5.92 Å². The van der Waals surface area contributed by atoms with Crippen LogP contribution in [-0.4, -0.2) is 57.1 Å². The van der Waals surface area contributed by atoms with E-state index in [-0.39, 0.29) is 35.6 Å². The molecule has 0 radical (unpaired) electrons. The lowest BCUT2D eigenvalue weighted by Gasteiger charge is -2.32. The third kappa shape index (κ3) is 9.04. The molecule has 0 spiro atoms. The summed E-state index contributed by atoms with van der Waals surface area (Å²) in [7, 11) is -4.24. The maximum Gasteiger partial charge on any atom is 0.264 e. The molecule has 43 heavy (non-hydrogen) atoms. The Kier molecular flexibility index (Phi) is 12.6. The Morgan fingerprint density at radius 1 is 0.977 bits per heavy atom. The van der Waals surface area contributed by atoms with E-state index in [0.717, 1.165) is 9.20 Å². The molecule has 0 heterocycles. The highest BCUT2D eigenvalue weighted by Crippen LogP contribution is 2.33. The third-order valence-electron chi connectivity index (χ3n) is 6.55. The van der Waals surface area contributed by atoms with Gasteiger partial charge in [-0.2, -0.15) is 0 Å². The number of para-hydroxylation sites is 2. The number of sulfonamides is 1. The molecule has 0 aliphatic heterocycles. The molecular weight excluding hydrogens is 629 g/mol. The lowest BCUT2D eigenvalue weighted by molar-refractivity contribution is -0.139. The fourth-order valence-electron chi connectivity index (χ4n) is 4.20. The summed E-state index contributed by atoms with van der Waals surface area (Å²) >= 11 is 13.8. The molecule has 232 valence electrons. The van der Waals surface area contributed by atoms with Crippen LogP contribution in [0.15, 0.2) is 76.5 Å². The van der Waals surface area contributed by atoms with Crippen molar-refractivity contribution in [1.29, 1.82) is 0 Å². The number of thioether (sulfide) groups is 1. The van der Waals surface area contributed by atoms with Gasteiger partial charge in [-0.3, -0.25) is 13.9 Å². The third-order valence-corrected chi connectivity index (χ3v) is 9.81. The van der Waals surface area contributed by atoms with Crippen LogP contribution in [0.2, 0.25) is 10.0 Å². The van der Waals surface area contributed by atoms with Crippen LogP contribution in [0.25, 0.3) is 0 Å². The molecule has 1 N–H and O–H groups in total. The number of amides is 2. The van der Waals surface area contributed by atoms with Crippen LogP contribution in [0.1, 0.15) is 33.3 Å². The van der Waals surface area contributed by atoms with Crippen LogP contribution in [0.3, 0.4) is 0 Å². The van der Waals surface area contributed by atoms with E-state index in [0.29, 0.717) is 27.9 Å². The standard InChI is InChI=1S/C31H37Cl2N3O5S2/c1-6-41-29-10-8-7-9-28(29)36(43(39,40)25-14-12-24(42-5)13-15-25)20-30(37)35(22(4)31(38)34-18-21(2)3)19-23-11-16-26(32)27(33)17-23/h7-17,21-22H,6,18-20H2,1-5H3,(H,34,38)/t22-/m0/s1. The van der Waals surface area contributed by atoms with Gasteiger partial charge in [-0.05, 0) is 80.1 Å². The Hall–Kier alpha value is -2.92. The number of rotatable bonds is 14. The Balaban J connectivity index is 2.08. The second-order valence-electron chi connectivity index (χ2n) is 10.2. The highest BCUT2D eigenvalue weighted by Gasteiger charge is 2.34. The first-order chi connectivity index (χ1) is 20.4. The number of carbonyl (C=O) groups is 2. The smallest absolute Gasteiger partial charge is 0.264 e. The molecule has 2 amide bonds. The summed E-state index contributed by atoms with van der Waals surface area (Å²) in [6, 6.07) is 17.1. The van der Waals surface area contributed by atoms with Gasteiger partial charge in [0.15, 0.2) is 0 Å². The predicted molar refractivity (Wildman–Crippen MR) is 175 cm³/mol. The predicted octanol–water partition coefficient (Wildman–Crippen LogP) is 6.50. The molecule has 0 aliphatic rings. The molecule has 0 fully saturated rings. The second kappa shape index (κ2) is 15.7.